The lowest BCUT2D eigenvalue weighted by Crippen LogP contribution is -2.45. The molecule has 21 heavy (non-hydrogen) atoms. The number of hydrogen-bond acceptors (Lipinski definition) is 3. The van der Waals surface area contributed by atoms with Crippen LogP contribution in [0.4, 0.5) is 0 Å². The van der Waals surface area contributed by atoms with Gasteiger partial charge < -0.3 is 10.2 Å². The highest BCUT2D eigenvalue weighted by Crippen LogP contribution is 2.12. The second kappa shape index (κ2) is 7.55. The van der Waals surface area contributed by atoms with Crippen LogP contribution in [0.5, 0.6) is 0 Å². The third-order valence-corrected chi connectivity index (χ3v) is 3.91. The maximum absolute atomic E-state index is 12.1. The number of carbonyl (C=O) groups is 1. The average molecular weight is 289 g/mol. The fourth-order valence-corrected chi connectivity index (χ4v) is 2.84. The smallest absolute Gasteiger partial charge is 0.224 e. The minimum Gasteiger partial charge on any atom is -0.353 e. The number of carbonyl (C=O) groups excluding carboxylic acids is 1. The second-order valence-corrected chi connectivity index (χ2v) is 6.52. The van der Waals surface area contributed by atoms with Crippen molar-refractivity contribution in [1.29, 1.82) is 0 Å². The molecule has 0 saturated carbocycles. The molecular weight excluding hydrogens is 262 g/mol. The molecule has 0 atom stereocenters. The molecule has 0 aliphatic carbocycles. The van der Waals surface area contributed by atoms with E-state index in [9.17, 15) is 4.79 Å². The summed E-state index contributed by atoms with van der Waals surface area (Å²) in [6.45, 7) is 9.81. The molecule has 2 rings (SSSR count). The average Bonchev–Trinajstić information content (AvgIpc) is 2.43. The van der Waals surface area contributed by atoms with Gasteiger partial charge in [0.1, 0.15) is 0 Å². The maximum atomic E-state index is 12.1. The Bertz CT molecular complexity index is 448. The summed E-state index contributed by atoms with van der Waals surface area (Å²) in [6, 6.07) is 4.26. The summed E-state index contributed by atoms with van der Waals surface area (Å²) in [7, 11) is 0. The van der Waals surface area contributed by atoms with E-state index in [1.807, 2.05) is 19.1 Å². The normalized spacial score (nSPS) is 17.1. The van der Waals surface area contributed by atoms with E-state index in [-0.39, 0.29) is 5.91 Å². The molecule has 1 fully saturated rings. The third-order valence-electron chi connectivity index (χ3n) is 3.91. The van der Waals surface area contributed by atoms with Gasteiger partial charge in [0.05, 0.1) is 6.42 Å². The minimum atomic E-state index is 0.114. The highest BCUT2D eigenvalue weighted by Gasteiger charge is 2.20. The Balaban J connectivity index is 1.73. The molecule has 0 aromatic carbocycles. The van der Waals surface area contributed by atoms with Crippen molar-refractivity contribution in [3.63, 3.8) is 0 Å². The Morgan fingerprint density at radius 1 is 1.38 bits per heavy atom. The second-order valence-electron chi connectivity index (χ2n) is 6.52. The van der Waals surface area contributed by atoms with Crippen LogP contribution in [0.15, 0.2) is 18.3 Å². The van der Waals surface area contributed by atoms with Gasteiger partial charge in [-0.3, -0.25) is 9.78 Å². The van der Waals surface area contributed by atoms with Crippen LogP contribution in [-0.2, 0) is 11.2 Å². The van der Waals surface area contributed by atoms with Crippen molar-refractivity contribution in [3.05, 3.63) is 29.6 Å². The number of aryl methyl sites for hydroxylation is 1. The maximum Gasteiger partial charge on any atom is 0.224 e. The lowest BCUT2D eigenvalue weighted by Gasteiger charge is -2.33. The van der Waals surface area contributed by atoms with Gasteiger partial charge in [0.25, 0.3) is 0 Å². The van der Waals surface area contributed by atoms with Crippen molar-refractivity contribution >= 4 is 5.91 Å². The highest BCUT2D eigenvalue weighted by molar-refractivity contribution is 5.78. The van der Waals surface area contributed by atoms with Gasteiger partial charge >= 0.3 is 0 Å². The Morgan fingerprint density at radius 2 is 2.10 bits per heavy atom. The van der Waals surface area contributed by atoms with E-state index in [0.717, 1.165) is 43.7 Å². The molecule has 0 unspecified atom stereocenters. The molecular formula is C17H27N3O. The van der Waals surface area contributed by atoms with Gasteiger partial charge in [0.15, 0.2) is 0 Å². The number of piperidine rings is 1. The molecule has 0 radical (unpaired) electrons. The van der Waals surface area contributed by atoms with Crippen molar-refractivity contribution in [2.75, 3.05) is 19.6 Å². The number of aromatic nitrogens is 1. The number of likely N-dealkylation sites (tertiary alicyclic amines) is 1. The molecule has 4 heteroatoms. The molecule has 1 aromatic rings. The van der Waals surface area contributed by atoms with Gasteiger partial charge in [-0.15, -0.1) is 0 Å². The number of amides is 1. The van der Waals surface area contributed by atoms with Gasteiger partial charge in [0.2, 0.25) is 5.91 Å². The van der Waals surface area contributed by atoms with Crippen molar-refractivity contribution in [2.24, 2.45) is 5.92 Å². The molecule has 0 spiro atoms. The predicted molar refractivity (Wildman–Crippen MR) is 85.1 cm³/mol. The molecule has 1 amide bonds. The van der Waals surface area contributed by atoms with Crippen molar-refractivity contribution in [2.45, 2.75) is 46.1 Å². The van der Waals surface area contributed by atoms with Crippen LogP contribution in [0.1, 0.15) is 37.9 Å². The van der Waals surface area contributed by atoms with E-state index in [4.69, 9.17) is 0 Å². The lowest BCUT2D eigenvalue weighted by molar-refractivity contribution is -0.121. The highest BCUT2D eigenvalue weighted by atomic mass is 16.1. The van der Waals surface area contributed by atoms with Gasteiger partial charge in [-0.25, -0.2) is 0 Å². The van der Waals surface area contributed by atoms with Crippen LogP contribution in [0, 0.1) is 12.8 Å². The minimum absolute atomic E-state index is 0.114. The zero-order chi connectivity index (χ0) is 15.2. The summed E-state index contributed by atoms with van der Waals surface area (Å²) in [5.74, 6) is 0.827. The largest absolute Gasteiger partial charge is 0.353 e. The van der Waals surface area contributed by atoms with E-state index in [2.05, 4.69) is 29.0 Å². The summed E-state index contributed by atoms with van der Waals surface area (Å²) in [4.78, 5) is 18.8. The summed E-state index contributed by atoms with van der Waals surface area (Å²) in [6.07, 6.45) is 4.34. The predicted octanol–water partition coefficient (Wildman–Crippen LogP) is 2.17. The first-order chi connectivity index (χ1) is 10.0. The Labute approximate surface area is 127 Å². The Morgan fingerprint density at radius 3 is 2.67 bits per heavy atom. The summed E-state index contributed by atoms with van der Waals surface area (Å²) < 4.78 is 0. The van der Waals surface area contributed by atoms with E-state index < -0.39 is 0 Å². The van der Waals surface area contributed by atoms with Crippen LogP contribution < -0.4 is 5.32 Å². The Hall–Kier alpha value is -1.42. The topological polar surface area (TPSA) is 45.2 Å². The number of nitrogens with zero attached hydrogens (tertiary/aromatic N) is 2. The van der Waals surface area contributed by atoms with Crippen LogP contribution in [0.25, 0.3) is 0 Å². The quantitative estimate of drug-likeness (QED) is 0.903. The van der Waals surface area contributed by atoms with E-state index >= 15 is 0 Å². The van der Waals surface area contributed by atoms with Crippen LogP contribution in [0.2, 0.25) is 0 Å². The SMILES string of the molecule is Cc1ccc(CC(=O)NC2CCN(CC(C)C)CC2)cn1. The fraction of sp³-hybridized carbons (Fsp3) is 0.647. The number of hydrogen-bond donors (Lipinski definition) is 1. The molecule has 1 N–H and O–H groups in total. The fourth-order valence-electron chi connectivity index (χ4n) is 2.84. The number of rotatable bonds is 5. The standard InChI is InChI=1S/C17H27N3O/c1-13(2)12-20-8-6-16(7-9-20)19-17(21)10-15-5-4-14(3)18-11-15/h4-5,11,13,16H,6-10,12H2,1-3H3,(H,19,21). The van der Waals surface area contributed by atoms with Crippen molar-refractivity contribution in [1.82, 2.24) is 15.2 Å². The summed E-state index contributed by atoms with van der Waals surface area (Å²) in [5, 5.41) is 3.16. The van der Waals surface area contributed by atoms with Crippen LogP contribution >= 0.6 is 0 Å². The summed E-state index contributed by atoms with van der Waals surface area (Å²) in [5.41, 5.74) is 1.96. The Kier molecular flexibility index (Phi) is 5.74. The third kappa shape index (κ3) is 5.46. The summed E-state index contributed by atoms with van der Waals surface area (Å²) >= 11 is 0. The number of pyridine rings is 1. The van der Waals surface area contributed by atoms with Gasteiger partial charge in [-0.05, 0) is 37.3 Å². The van der Waals surface area contributed by atoms with Crippen molar-refractivity contribution in [3.8, 4) is 0 Å². The molecule has 1 saturated heterocycles. The first kappa shape index (κ1) is 16.0. The van der Waals surface area contributed by atoms with Crippen LogP contribution in [0.3, 0.4) is 0 Å². The zero-order valence-corrected chi connectivity index (χ0v) is 13.4. The van der Waals surface area contributed by atoms with Gasteiger partial charge in [0, 0.05) is 37.6 Å². The van der Waals surface area contributed by atoms with Gasteiger partial charge in [-0.1, -0.05) is 19.9 Å². The van der Waals surface area contributed by atoms with E-state index in [1.165, 1.54) is 0 Å². The molecule has 1 aromatic heterocycles. The molecule has 0 bridgehead atoms. The van der Waals surface area contributed by atoms with E-state index in [0.29, 0.717) is 18.4 Å². The molecule has 1 aliphatic heterocycles. The van der Waals surface area contributed by atoms with Gasteiger partial charge in [-0.2, -0.15) is 0 Å². The molecule has 4 nitrogen and oxygen atoms in total. The zero-order valence-electron chi connectivity index (χ0n) is 13.4. The molecule has 116 valence electrons. The number of nitrogens with one attached hydrogen (secondary N) is 1. The first-order valence-corrected chi connectivity index (χ1v) is 7.96. The van der Waals surface area contributed by atoms with Crippen molar-refractivity contribution < 1.29 is 4.79 Å². The molecule has 1 aliphatic rings. The molecule has 2 heterocycles. The first-order valence-electron chi connectivity index (χ1n) is 7.96. The monoisotopic (exact) mass is 289 g/mol. The van der Waals surface area contributed by atoms with Crippen LogP contribution in [-0.4, -0.2) is 41.5 Å². The lowest BCUT2D eigenvalue weighted by atomic mass is 10.0. The van der Waals surface area contributed by atoms with E-state index in [1.54, 1.807) is 6.20 Å².